The van der Waals surface area contributed by atoms with Crippen molar-refractivity contribution in [2.24, 2.45) is 0 Å². The molecule has 1 aliphatic rings. The number of hydrogen-bond acceptors (Lipinski definition) is 2. The summed E-state index contributed by atoms with van der Waals surface area (Å²) in [5.41, 5.74) is -0.774. The smallest absolute Gasteiger partial charge is 0.343 e. The molecule has 0 saturated carbocycles. The van der Waals surface area contributed by atoms with Crippen molar-refractivity contribution in [3.63, 3.8) is 0 Å². The van der Waals surface area contributed by atoms with Crippen LogP contribution in [0.1, 0.15) is 51.7 Å². The van der Waals surface area contributed by atoms with E-state index < -0.39 is 29.2 Å². The molecule has 5 heteroatoms. The summed E-state index contributed by atoms with van der Waals surface area (Å²) in [4.78, 5) is 0. The largest absolute Gasteiger partial charge is 0.416 e. The molecule has 1 saturated heterocycles. The highest BCUT2D eigenvalue weighted by Gasteiger charge is 2.50. The molecule has 1 unspecified atom stereocenters. The Bertz CT molecular complexity index is 487. The summed E-state index contributed by atoms with van der Waals surface area (Å²) in [5.74, 6) is -0.145. The Morgan fingerprint density at radius 1 is 0.952 bits per heavy atom. The van der Waals surface area contributed by atoms with Crippen LogP contribution in [0.15, 0.2) is 24.3 Å². The Labute approximate surface area is 123 Å². The van der Waals surface area contributed by atoms with E-state index in [1.807, 2.05) is 34.6 Å². The van der Waals surface area contributed by atoms with E-state index in [9.17, 15) is 13.2 Å². The number of ether oxygens (including phenoxy) is 2. The molecule has 21 heavy (non-hydrogen) atoms. The lowest BCUT2D eigenvalue weighted by Gasteiger charge is -2.30. The van der Waals surface area contributed by atoms with E-state index in [4.69, 9.17) is 9.47 Å². The minimum atomic E-state index is -4.31. The molecule has 0 aliphatic carbocycles. The molecule has 0 spiro atoms. The van der Waals surface area contributed by atoms with Gasteiger partial charge in [0.1, 0.15) is 0 Å². The van der Waals surface area contributed by atoms with Gasteiger partial charge in [0.05, 0.1) is 16.8 Å². The molecule has 2 rings (SSSR count). The third-order valence-electron chi connectivity index (χ3n) is 4.44. The molecule has 1 atom stereocenters. The molecule has 2 nitrogen and oxygen atoms in total. The Kier molecular flexibility index (Phi) is 3.87. The van der Waals surface area contributed by atoms with Gasteiger partial charge in [-0.1, -0.05) is 19.1 Å². The predicted octanol–water partition coefficient (Wildman–Crippen LogP) is 4.74. The van der Waals surface area contributed by atoms with Crippen LogP contribution in [-0.4, -0.2) is 17.5 Å². The highest BCUT2D eigenvalue weighted by Crippen LogP contribution is 2.43. The van der Waals surface area contributed by atoms with Crippen LogP contribution in [-0.2, 0) is 15.7 Å². The lowest BCUT2D eigenvalue weighted by Crippen LogP contribution is -2.41. The van der Waals surface area contributed by atoms with Gasteiger partial charge in [-0.2, -0.15) is 13.2 Å². The maximum absolute atomic E-state index is 12.6. The van der Waals surface area contributed by atoms with E-state index in [-0.39, 0.29) is 5.92 Å². The second-order valence-electron chi connectivity index (χ2n) is 6.53. The van der Waals surface area contributed by atoms with Gasteiger partial charge in [-0.25, -0.2) is 0 Å². The van der Waals surface area contributed by atoms with Crippen molar-refractivity contribution in [2.45, 2.75) is 64.2 Å². The van der Waals surface area contributed by atoms with Gasteiger partial charge in [0.15, 0.2) is 6.29 Å². The SMILES string of the molecule is CC(c1ccc(C(F)(F)F)cc1)C1OC(C)(C)C(C)(C)O1. The molecule has 1 heterocycles. The molecule has 0 radical (unpaired) electrons. The number of rotatable bonds is 2. The van der Waals surface area contributed by atoms with Gasteiger partial charge in [0.25, 0.3) is 0 Å². The number of alkyl halides is 3. The van der Waals surface area contributed by atoms with E-state index >= 15 is 0 Å². The summed E-state index contributed by atoms with van der Waals surface area (Å²) in [6.07, 6.45) is -4.78. The summed E-state index contributed by atoms with van der Waals surface area (Å²) in [5, 5.41) is 0. The van der Waals surface area contributed by atoms with Crippen LogP contribution in [0.4, 0.5) is 13.2 Å². The van der Waals surface area contributed by atoms with Crippen molar-refractivity contribution in [3.8, 4) is 0 Å². The minimum absolute atomic E-state index is 0.145. The lowest BCUT2D eigenvalue weighted by atomic mass is 9.90. The summed E-state index contributed by atoms with van der Waals surface area (Å²) >= 11 is 0. The zero-order chi connectivity index (χ0) is 16.1. The quantitative estimate of drug-likeness (QED) is 0.785. The molecule has 0 aromatic heterocycles. The first-order valence-corrected chi connectivity index (χ1v) is 6.97. The molecule has 1 aromatic rings. The zero-order valence-electron chi connectivity index (χ0n) is 12.9. The van der Waals surface area contributed by atoms with Gasteiger partial charge in [-0.05, 0) is 45.4 Å². The van der Waals surface area contributed by atoms with Crippen LogP contribution in [0, 0.1) is 0 Å². The monoisotopic (exact) mass is 302 g/mol. The third-order valence-corrected chi connectivity index (χ3v) is 4.44. The van der Waals surface area contributed by atoms with Crippen LogP contribution in [0.3, 0.4) is 0 Å². The summed E-state index contributed by atoms with van der Waals surface area (Å²) < 4.78 is 49.6. The van der Waals surface area contributed by atoms with Gasteiger partial charge in [0, 0.05) is 5.92 Å². The highest BCUT2D eigenvalue weighted by atomic mass is 19.4. The fourth-order valence-corrected chi connectivity index (χ4v) is 2.23. The first-order chi connectivity index (χ1) is 9.44. The van der Waals surface area contributed by atoms with Gasteiger partial charge >= 0.3 is 6.18 Å². The number of hydrogen-bond donors (Lipinski definition) is 0. The summed E-state index contributed by atoms with van der Waals surface area (Å²) in [6.45, 7) is 9.70. The molecule has 1 aromatic carbocycles. The Hall–Kier alpha value is -1.07. The summed E-state index contributed by atoms with van der Waals surface area (Å²) in [7, 11) is 0. The van der Waals surface area contributed by atoms with E-state index in [1.165, 1.54) is 12.1 Å². The van der Waals surface area contributed by atoms with Crippen LogP contribution < -0.4 is 0 Å². The minimum Gasteiger partial charge on any atom is -0.343 e. The van der Waals surface area contributed by atoms with Gasteiger partial charge < -0.3 is 9.47 Å². The van der Waals surface area contributed by atoms with Crippen molar-refractivity contribution in [1.82, 2.24) is 0 Å². The lowest BCUT2D eigenvalue weighted by molar-refractivity contribution is -0.137. The molecule has 118 valence electrons. The van der Waals surface area contributed by atoms with Crippen molar-refractivity contribution < 1.29 is 22.6 Å². The standard InChI is InChI=1S/C16H21F3O2/c1-10(13-20-14(2,3)15(4,5)21-13)11-6-8-12(9-7-11)16(17,18)19/h6-10,13H,1-5H3. The fourth-order valence-electron chi connectivity index (χ4n) is 2.23. The Balaban J connectivity index is 2.17. The second-order valence-corrected chi connectivity index (χ2v) is 6.53. The highest BCUT2D eigenvalue weighted by molar-refractivity contribution is 5.27. The van der Waals surface area contributed by atoms with Crippen LogP contribution in [0.2, 0.25) is 0 Å². The van der Waals surface area contributed by atoms with Gasteiger partial charge in [-0.15, -0.1) is 0 Å². The van der Waals surface area contributed by atoms with Crippen molar-refractivity contribution in [1.29, 1.82) is 0 Å². The molecule has 0 amide bonds. The topological polar surface area (TPSA) is 18.5 Å². The number of halogens is 3. The van der Waals surface area contributed by atoms with E-state index in [2.05, 4.69) is 0 Å². The molecular weight excluding hydrogens is 281 g/mol. The first-order valence-electron chi connectivity index (χ1n) is 6.97. The van der Waals surface area contributed by atoms with Gasteiger partial charge in [-0.3, -0.25) is 0 Å². The molecule has 1 fully saturated rings. The zero-order valence-corrected chi connectivity index (χ0v) is 12.9. The third kappa shape index (κ3) is 3.09. The average Bonchev–Trinajstić information content (AvgIpc) is 2.57. The van der Waals surface area contributed by atoms with Gasteiger partial charge in [0.2, 0.25) is 0 Å². The molecule has 0 N–H and O–H groups in total. The molecule has 0 bridgehead atoms. The molecule has 1 aliphatic heterocycles. The normalized spacial score (nSPS) is 23.2. The van der Waals surface area contributed by atoms with Crippen molar-refractivity contribution >= 4 is 0 Å². The first kappa shape index (κ1) is 16.3. The summed E-state index contributed by atoms with van der Waals surface area (Å²) in [6, 6.07) is 5.16. The van der Waals surface area contributed by atoms with Crippen molar-refractivity contribution in [2.75, 3.05) is 0 Å². The number of benzene rings is 1. The van der Waals surface area contributed by atoms with E-state index in [1.54, 1.807) is 0 Å². The van der Waals surface area contributed by atoms with Crippen LogP contribution >= 0.6 is 0 Å². The van der Waals surface area contributed by atoms with Crippen molar-refractivity contribution in [3.05, 3.63) is 35.4 Å². The maximum atomic E-state index is 12.6. The maximum Gasteiger partial charge on any atom is 0.416 e. The Morgan fingerprint density at radius 3 is 1.76 bits per heavy atom. The fraction of sp³-hybridized carbons (Fsp3) is 0.625. The van der Waals surface area contributed by atoms with Crippen LogP contribution in [0.5, 0.6) is 0 Å². The van der Waals surface area contributed by atoms with E-state index in [0.29, 0.717) is 0 Å². The predicted molar refractivity (Wildman–Crippen MR) is 74.0 cm³/mol. The Morgan fingerprint density at radius 2 is 1.38 bits per heavy atom. The molecular formula is C16H21F3O2. The second kappa shape index (κ2) is 4.99. The van der Waals surface area contributed by atoms with E-state index in [0.717, 1.165) is 17.7 Å². The average molecular weight is 302 g/mol. The van der Waals surface area contributed by atoms with Crippen LogP contribution in [0.25, 0.3) is 0 Å².